The van der Waals surface area contributed by atoms with Gasteiger partial charge >= 0.3 is 0 Å². The molecule has 0 aliphatic carbocycles. The topological polar surface area (TPSA) is 67.9 Å². The molecule has 0 saturated carbocycles. The summed E-state index contributed by atoms with van der Waals surface area (Å²) in [6, 6.07) is 10.2. The van der Waals surface area contributed by atoms with Gasteiger partial charge in [-0.25, -0.2) is 0 Å². The maximum Gasteiger partial charge on any atom is 0.265 e. The van der Waals surface area contributed by atoms with Crippen molar-refractivity contribution in [2.45, 2.75) is 12.8 Å². The van der Waals surface area contributed by atoms with E-state index in [4.69, 9.17) is 32.7 Å². The number of nitrogens with zero attached hydrogens (tertiary/aromatic N) is 1. The monoisotopic (exact) mass is 434 g/mol. The van der Waals surface area contributed by atoms with E-state index in [1.807, 2.05) is 0 Å². The number of fused-ring (bicyclic) bond motifs is 1. The molecule has 0 fully saturated rings. The Morgan fingerprint density at radius 1 is 1.28 bits per heavy atom. The lowest BCUT2D eigenvalue weighted by Crippen LogP contribution is -2.38. The first-order chi connectivity index (χ1) is 14.0. The molecule has 1 heterocycles. The summed E-state index contributed by atoms with van der Waals surface area (Å²) in [6.07, 6.45) is 2.46. The van der Waals surface area contributed by atoms with Gasteiger partial charge in [-0.3, -0.25) is 9.59 Å². The smallest absolute Gasteiger partial charge is 0.265 e. The van der Waals surface area contributed by atoms with Crippen LogP contribution in [-0.4, -0.2) is 31.6 Å². The molecule has 0 radical (unpaired) electrons. The van der Waals surface area contributed by atoms with Gasteiger partial charge in [0.15, 0.2) is 6.61 Å². The minimum atomic E-state index is -0.148. The second-order valence-electron chi connectivity index (χ2n) is 6.34. The van der Waals surface area contributed by atoms with Crippen molar-refractivity contribution in [2.24, 2.45) is 0 Å². The zero-order valence-corrected chi connectivity index (χ0v) is 17.1. The number of rotatable bonds is 8. The first-order valence-corrected chi connectivity index (χ1v) is 9.79. The van der Waals surface area contributed by atoms with E-state index in [1.54, 1.807) is 47.4 Å². The molecule has 152 valence electrons. The maximum atomic E-state index is 12.2. The van der Waals surface area contributed by atoms with E-state index in [9.17, 15) is 9.59 Å². The van der Waals surface area contributed by atoms with Gasteiger partial charge < -0.3 is 19.7 Å². The number of ether oxygens (including phenoxy) is 2. The summed E-state index contributed by atoms with van der Waals surface area (Å²) in [5.74, 6) is 0.799. The van der Waals surface area contributed by atoms with Crippen LogP contribution in [0.2, 0.25) is 10.0 Å². The van der Waals surface area contributed by atoms with E-state index < -0.39 is 0 Å². The molecule has 1 N–H and O–H groups in total. The summed E-state index contributed by atoms with van der Waals surface area (Å²) in [6.45, 7) is 4.38. The molecule has 3 rings (SSSR count). The van der Waals surface area contributed by atoms with Crippen molar-refractivity contribution in [2.75, 3.05) is 30.0 Å². The fourth-order valence-electron chi connectivity index (χ4n) is 2.84. The molecular weight excluding hydrogens is 415 g/mol. The second-order valence-corrected chi connectivity index (χ2v) is 7.18. The Kier molecular flexibility index (Phi) is 7.01. The Morgan fingerprint density at radius 3 is 2.86 bits per heavy atom. The highest BCUT2D eigenvalue weighted by molar-refractivity contribution is 6.35. The highest BCUT2D eigenvalue weighted by atomic mass is 35.5. The van der Waals surface area contributed by atoms with Gasteiger partial charge in [0.05, 0.1) is 17.3 Å². The van der Waals surface area contributed by atoms with E-state index in [2.05, 4.69) is 11.9 Å². The number of halogens is 2. The van der Waals surface area contributed by atoms with Crippen LogP contribution < -0.4 is 19.7 Å². The molecule has 2 aromatic rings. The fourth-order valence-corrected chi connectivity index (χ4v) is 3.31. The predicted molar refractivity (Wildman–Crippen MR) is 114 cm³/mol. The molecule has 2 amide bonds. The predicted octanol–water partition coefficient (Wildman–Crippen LogP) is 4.70. The third-order valence-corrected chi connectivity index (χ3v) is 4.73. The molecule has 0 bridgehead atoms. The minimum absolute atomic E-state index is 0.0389. The molecule has 2 aromatic carbocycles. The normalized spacial score (nSPS) is 12.8. The highest BCUT2D eigenvalue weighted by Gasteiger charge is 2.24. The second kappa shape index (κ2) is 9.67. The third-order valence-electron chi connectivity index (χ3n) is 4.20. The zero-order chi connectivity index (χ0) is 20.8. The molecule has 8 heteroatoms. The van der Waals surface area contributed by atoms with Crippen LogP contribution in [0.4, 0.5) is 11.4 Å². The quantitative estimate of drug-likeness (QED) is 0.482. The molecule has 0 unspecified atom stereocenters. The van der Waals surface area contributed by atoms with Gasteiger partial charge in [0.2, 0.25) is 5.91 Å². The Labute approximate surface area is 179 Å². The number of benzene rings is 2. The summed E-state index contributed by atoms with van der Waals surface area (Å²) in [5, 5.41) is 3.79. The van der Waals surface area contributed by atoms with Crippen molar-refractivity contribution in [3.63, 3.8) is 0 Å². The summed E-state index contributed by atoms with van der Waals surface area (Å²) in [4.78, 5) is 25.7. The lowest BCUT2D eigenvalue weighted by atomic mass is 10.2. The fraction of sp³-hybridized carbons (Fsp3) is 0.238. The highest BCUT2D eigenvalue weighted by Crippen LogP contribution is 2.34. The number of anilines is 2. The van der Waals surface area contributed by atoms with Crippen LogP contribution in [0.5, 0.6) is 11.5 Å². The van der Waals surface area contributed by atoms with Crippen molar-refractivity contribution in [1.29, 1.82) is 0 Å². The number of hydrogen-bond acceptors (Lipinski definition) is 4. The van der Waals surface area contributed by atoms with Crippen LogP contribution in [0.15, 0.2) is 49.1 Å². The summed E-state index contributed by atoms with van der Waals surface area (Å²) in [7, 11) is 0. The van der Waals surface area contributed by atoms with Crippen molar-refractivity contribution < 1.29 is 19.1 Å². The molecule has 0 spiro atoms. The zero-order valence-electron chi connectivity index (χ0n) is 15.6. The lowest BCUT2D eigenvalue weighted by Gasteiger charge is -2.28. The van der Waals surface area contributed by atoms with Crippen LogP contribution in [-0.2, 0) is 9.59 Å². The number of carbonyl (C=O) groups is 2. The Hall–Kier alpha value is -2.70. The van der Waals surface area contributed by atoms with Crippen LogP contribution in [0.3, 0.4) is 0 Å². The van der Waals surface area contributed by atoms with Gasteiger partial charge in [-0.2, -0.15) is 0 Å². The molecule has 6 nitrogen and oxygen atoms in total. The van der Waals surface area contributed by atoms with Crippen molar-refractivity contribution in [3.8, 4) is 11.5 Å². The van der Waals surface area contributed by atoms with Gasteiger partial charge in [-0.15, -0.1) is 6.58 Å². The van der Waals surface area contributed by atoms with Crippen LogP contribution >= 0.6 is 23.2 Å². The Morgan fingerprint density at radius 2 is 2.10 bits per heavy atom. The first-order valence-electron chi connectivity index (χ1n) is 9.03. The standard InChI is InChI=1S/C21H20Cl2N2O4/c1-2-9-25-17-7-6-15(12-19(17)29-13-21(25)27)24-20(26)4-3-10-28-18-8-5-14(22)11-16(18)23/h2,5-8,11-12H,1,3-4,9-10,13H2,(H,24,26). The van der Waals surface area contributed by atoms with Crippen molar-refractivity contribution in [1.82, 2.24) is 0 Å². The Bertz CT molecular complexity index is 933. The lowest BCUT2D eigenvalue weighted by molar-refractivity contribution is -0.121. The van der Waals surface area contributed by atoms with Gasteiger partial charge in [0.1, 0.15) is 11.5 Å². The molecule has 0 saturated heterocycles. The summed E-state index contributed by atoms with van der Waals surface area (Å²) < 4.78 is 11.1. The van der Waals surface area contributed by atoms with E-state index in [1.165, 1.54) is 0 Å². The molecule has 1 aliphatic rings. The number of hydrogen-bond donors (Lipinski definition) is 1. The van der Waals surface area contributed by atoms with E-state index in [-0.39, 0.29) is 24.8 Å². The van der Waals surface area contributed by atoms with Crippen molar-refractivity contribution >= 4 is 46.4 Å². The van der Waals surface area contributed by atoms with Gasteiger partial charge in [-0.1, -0.05) is 29.3 Å². The minimum Gasteiger partial charge on any atom is -0.492 e. The largest absolute Gasteiger partial charge is 0.492 e. The number of nitrogens with one attached hydrogen (secondary N) is 1. The first kappa shape index (κ1) is 21.0. The van der Waals surface area contributed by atoms with Crippen LogP contribution in [0.25, 0.3) is 0 Å². The molecular formula is C21H20Cl2N2O4. The maximum absolute atomic E-state index is 12.2. The van der Waals surface area contributed by atoms with Crippen LogP contribution in [0, 0.1) is 0 Å². The van der Waals surface area contributed by atoms with E-state index in [0.29, 0.717) is 52.5 Å². The molecule has 1 aliphatic heterocycles. The van der Waals surface area contributed by atoms with Gasteiger partial charge in [0.25, 0.3) is 5.91 Å². The van der Waals surface area contributed by atoms with Crippen LogP contribution in [0.1, 0.15) is 12.8 Å². The van der Waals surface area contributed by atoms with E-state index in [0.717, 1.165) is 0 Å². The molecule has 0 atom stereocenters. The molecule has 0 aromatic heterocycles. The number of carbonyl (C=O) groups excluding carboxylic acids is 2. The summed E-state index contributed by atoms with van der Waals surface area (Å²) in [5.41, 5.74) is 1.26. The van der Waals surface area contributed by atoms with Gasteiger partial charge in [-0.05, 0) is 36.8 Å². The average molecular weight is 435 g/mol. The summed E-state index contributed by atoms with van der Waals surface area (Å²) >= 11 is 11.9. The van der Waals surface area contributed by atoms with Crippen molar-refractivity contribution in [3.05, 3.63) is 59.1 Å². The third kappa shape index (κ3) is 5.43. The van der Waals surface area contributed by atoms with Gasteiger partial charge in [0, 0.05) is 29.7 Å². The van der Waals surface area contributed by atoms with E-state index >= 15 is 0 Å². The Balaban J connectivity index is 1.50. The molecule has 29 heavy (non-hydrogen) atoms. The number of amides is 2. The SMILES string of the molecule is C=CCN1C(=O)COc2cc(NC(=O)CCCOc3ccc(Cl)cc3Cl)ccc21. The average Bonchev–Trinajstić information content (AvgIpc) is 2.69.